The van der Waals surface area contributed by atoms with Crippen molar-refractivity contribution in [2.45, 2.75) is 6.42 Å². The second-order valence-corrected chi connectivity index (χ2v) is 7.17. The van der Waals surface area contributed by atoms with Crippen molar-refractivity contribution >= 4 is 21.6 Å². The van der Waals surface area contributed by atoms with E-state index in [1.807, 2.05) is 24.3 Å². The van der Waals surface area contributed by atoms with Crippen LogP contribution in [0.15, 0.2) is 42.5 Å². The highest BCUT2D eigenvalue weighted by atomic mass is 32.2. The van der Waals surface area contributed by atoms with Gasteiger partial charge in [-0.1, -0.05) is 12.1 Å². The molecule has 0 aliphatic carbocycles. The van der Waals surface area contributed by atoms with Crippen LogP contribution in [0, 0.1) is 5.82 Å². The van der Waals surface area contributed by atoms with E-state index in [-0.39, 0.29) is 11.3 Å². The second-order valence-electron chi connectivity index (χ2n) is 5.42. The van der Waals surface area contributed by atoms with Gasteiger partial charge in [0, 0.05) is 6.54 Å². The van der Waals surface area contributed by atoms with Gasteiger partial charge in [0.15, 0.2) is 0 Å². The van der Waals surface area contributed by atoms with Crippen molar-refractivity contribution < 1.29 is 22.3 Å². The van der Waals surface area contributed by atoms with Gasteiger partial charge in [0.25, 0.3) is 5.91 Å². The minimum absolute atomic E-state index is 0.0332. The minimum Gasteiger partial charge on any atom is -0.497 e. The average molecular weight is 366 g/mol. The van der Waals surface area contributed by atoms with Crippen molar-refractivity contribution in [1.29, 1.82) is 0 Å². The van der Waals surface area contributed by atoms with Crippen molar-refractivity contribution in [3.8, 4) is 5.75 Å². The number of amides is 1. The first-order valence-electron chi connectivity index (χ1n) is 7.47. The first-order chi connectivity index (χ1) is 11.8. The third kappa shape index (κ3) is 5.75. The lowest BCUT2D eigenvalue weighted by Gasteiger charge is -2.11. The van der Waals surface area contributed by atoms with E-state index in [0.29, 0.717) is 13.0 Å². The number of methoxy groups -OCH3 is 1. The number of ether oxygens (including phenoxy) is 1. The zero-order valence-electron chi connectivity index (χ0n) is 13.9. The van der Waals surface area contributed by atoms with E-state index in [9.17, 15) is 17.6 Å². The molecule has 0 aromatic heterocycles. The zero-order valence-corrected chi connectivity index (χ0v) is 14.7. The lowest BCUT2D eigenvalue weighted by Crippen LogP contribution is -2.27. The number of sulfonamides is 1. The molecule has 0 unspecified atom stereocenters. The summed E-state index contributed by atoms with van der Waals surface area (Å²) in [6, 6.07) is 10.7. The number of halogens is 1. The van der Waals surface area contributed by atoms with Crippen LogP contribution < -0.4 is 14.8 Å². The van der Waals surface area contributed by atoms with Crippen LogP contribution in [0.4, 0.5) is 10.1 Å². The number of hydrogen-bond acceptors (Lipinski definition) is 4. The quantitative estimate of drug-likeness (QED) is 0.787. The van der Waals surface area contributed by atoms with E-state index in [0.717, 1.165) is 29.7 Å². The Morgan fingerprint density at radius 3 is 2.44 bits per heavy atom. The molecule has 0 atom stereocenters. The van der Waals surface area contributed by atoms with Gasteiger partial charge >= 0.3 is 0 Å². The Bertz CT molecular complexity index is 851. The van der Waals surface area contributed by atoms with Crippen LogP contribution in [0.1, 0.15) is 15.9 Å². The molecule has 0 bridgehead atoms. The van der Waals surface area contributed by atoms with E-state index in [2.05, 4.69) is 10.0 Å². The molecule has 0 heterocycles. The summed E-state index contributed by atoms with van der Waals surface area (Å²) in [7, 11) is -2.00. The Morgan fingerprint density at radius 2 is 1.84 bits per heavy atom. The van der Waals surface area contributed by atoms with Crippen LogP contribution >= 0.6 is 0 Å². The van der Waals surface area contributed by atoms with E-state index in [1.54, 1.807) is 7.11 Å². The number of nitrogens with one attached hydrogen (secondary N) is 2. The van der Waals surface area contributed by atoms with E-state index in [1.165, 1.54) is 6.07 Å². The first kappa shape index (κ1) is 18.7. The molecule has 6 nitrogen and oxygen atoms in total. The first-order valence-corrected chi connectivity index (χ1v) is 9.36. The maximum Gasteiger partial charge on any atom is 0.253 e. The Labute approximate surface area is 146 Å². The molecule has 134 valence electrons. The van der Waals surface area contributed by atoms with Gasteiger partial charge in [-0.3, -0.25) is 9.52 Å². The lowest BCUT2D eigenvalue weighted by atomic mass is 10.1. The second kappa shape index (κ2) is 7.98. The molecule has 0 saturated heterocycles. The molecule has 25 heavy (non-hydrogen) atoms. The number of anilines is 1. The third-order valence-electron chi connectivity index (χ3n) is 3.38. The topological polar surface area (TPSA) is 84.5 Å². The molecule has 0 aliphatic rings. The predicted molar refractivity (Wildman–Crippen MR) is 93.9 cm³/mol. The summed E-state index contributed by atoms with van der Waals surface area (Å²) >= 11 is 0. The SMILES string of the molecule is COc1ccc(CCNC(=O)c2cc(F)ccc2NS(C)(=O)=O)cc1. The summed E-state index contributed by atoms with van der Waals surface area (Å²) in [6.07, 6.45) is 1.53. The molecule has 2 aromatic rings. The predicted octanol–water partition coefficient (Wildman–Crippen LogP) is 2.18. The Balaban J connectivity index is 2.03. The molecular weight excluding hydrogens is 347 g/mol. The highest BCUT2D eigenvalue weighted by Crippen LogP contribution is 2.18. The number of carbonyl (C=O) groups excluding carboxylic acids is 1. The minimum atomic E-state index is -3.58. The summed E-state index contributed by atoms with van der Waals surface area (Å²) in [5, 5.41) is 2.66. The summed E-state index contributed by atoms with van der Waals surface area (Å²) in [4.78, 5) is 12.3. The largest absolute Gasteiger partial charge is 0.497 e. The molecule has 0 fully saturated rings. The standard InChI is InChI=1S/C17H19FN2O4S/c1-24-14-6-3-12(4-7-14)9-10-19-17(21)15-11-13(18)5-8-16(15)20-25(2,22)23/h3-8,11,20H,9-10H2,1-2H3,(H,19,21). The van der Waals surface area contributed by atoms with Gasteiger partial charge < -0.3 is 10.1 Å². The van der Waals surface area contributed by atoms with E-state index in [4.69, 9.17) is 4.74 Å². The summed E-state index contributed by atoms with van der Waals surface area (Å²) in [6.45, 7) is 0.319. The fraction of sp³-hybridized carbons (Fsp3) is 0.235. The van der Waals surface area contributed by atoms with Gasteiger partial charge in [-0.2, -0.15) is 0 Å². The normalized spacial score (nSPS) is 11.0. The molecule has 0 spiro atoms. The fourth-order valence-electron chi connectivity index (χ4n) is 2.20. The van der Waals surface area contributed by atoms with Crippen LogP contribution in [-0.2, 0) is 16.4 Å². The maximum absolute atomic E-state index is 13.4. The molecule has 2 rings (SSSR count). The fourth-order valence-corrected chi connectivity index (χ4v) is 2.78. The van der Waals surface area contributed by atoms with Crippen LogP contribution in [0.3, 0.4) is 0 Å². The molecule has 8 heteroatoms. The monoisotopic (exact) mass is 366 g/mol. The molecule has 0 saturated carbocycles. The van der Waals surface area contributed by atoms with Crippen LogP contribution in [0.5, 0.6) is 5.75 Å². The number of rotatable bonds is 7. The third-order valence-corrected chi connectivity index (χ3v) is 3.97. The van der Waals surface area contributed by atoms with Gasteiger partial charge in [0.2, 0.25) is 10.0 Å². The lowest BCUT2D eigenvalue weighted by molar-refractivity contribution is 0.0954. The Morgan fingerprint density at radius 1 is 1.16 bits per heavy atom. The van der Waals surface area contributed by atoms with Gasteiger partial charge in [-0.15, -0.1) is 0 Å². The van der Waals surface area contributed by atoms with Gasteiger partial charge in [-0.05, 0) is 42.3 Å². The Kier molecular flexibility index (Phi) is 5.97. The van der Waals surface area contributed by atoms with Crippen molar-refractivity contribution in [3.63, 3.8) is 0 Å². The zero-order chi connectivity index (χ0) is 18.4. The number of hydrogen-bond donors (Lipinski definition) is 2. The molecule has 0 aliphatic heterocycles. The van der Waals surface area contributed by atoms with Crippen LogP contribution in [0.2, 0.25) is 0 Å². The Hall–Kier alpha value is -2.61. The number of benzene rings is 2. The van der Waals surface area contributed by atoms with Crippen LogP contribution in [-0.4, -0.2) is 34.2 Å². The number of carbonyl (C=O) groups is 1. The molecular formula is C17H19FN2O4S. The maximum atomic E-state index is 13.4. The summed E-state index contributed by atoms with van der Waals surface area (Å²) in [5.74, 6) is -0.442. The molecule has 0 radical (unpaired) electrons. The van der Waals surface area contributed by atoms with Crippen LogP contribution in [0.25, 0.3) is 0 Å². The molecule has 2 N–H and O–H groups in total. The molecule has 2 aromatic carbocycles. The van der Waals surface area contributed by atoms with Crippen molar-refractivity contribution in [3.05, 3.63) is 59.4 Å². The summed E-state index contributed by atoms with van der Waals surface area (Å²) in [5.41, 5.74) is 0.959. The summed E-state index contributed by atoms with van der Waals surface area (Å²) < 4.78 is 43.4. The average Bonchev–Trinajstić information content (AvgIpc) is 2.56. The van der Waals surface area contributed by atoms with Crippen molar-refractivity contribution in [2.24, 2.45) is 0 Å². The highest BCUT2D eigenvalue weighted by Gasteiger charge is 2.15. The highest BCUT2D eigenvalue weighted by molar-refractivity contribution is 7.92. The van der Waals surface area contributed by atoms with Gasteiger partial charge in [-0.25, -0.2) is 12.8 Å². The smallest absolute Gasteiger partial charge is 0.253 e. The van der Waals surface area contributed by atoms with E-state index >= 15 is 0 Å². The van der Waals surface area contributed by atoms with Crippen molar-refractivity contribution in [1.82, 2.24) is 5.32 Å². The molecule has 1 amide bonds. The van der Waals surface area contributed by atoms with Crippen molar-refractivity contribution in [2.75, 3.05) is 24.6 Å². The van der Waals surface area contributed by atoms with Gasteiger partial charge in [0.05, 0.1) is 24.6 Å². The van der Waals surface area contributed by atoms with E-state index < -0.39 is 21.7 Å². The van der Waals surface area contributed by atoms with Gasteiger partial charge in [0.1, 0.15) is 11.6 Å².